The van der Waals surface area contributed by atoms with Crippen LogP contribution in [0.5, 0.6) is 5.75 Å². The predicted octanol–water partition coefficient (Wildman–Crippen LogP) is -0.119. The molecule has 24 heavy (non-hydrogen) atoms. The molecule has 1 unspecified atom stereocenters. The monoisotopic (exact) mass is 345 g/mol. The van der Waals surface area contributed by atoms with Crippen LogP contribution in [0.1, 0.15) is 12.0 Å². The maximum atomic E-state index is 10.9. The standard InChI is InChI=1S/C14H19NO9/c1-21-22-7-8-4-9(15(19)20)2-3-11(8)23-13-5-10(17)14(18)12(6-16)24-13/h2-4,10,12-14,16-18H,5-7H2,1H3/t10-,12?,13-,14-/m1/s1. The summed E-state index contributed by atoms with van der Waals surface area (Å²) in [5.41, 5.74) is 0.195. The Labute approximate surface area is 137 Å². The van der Waals surface area contributed by atoms with Crippen molar-refractivity contribution in [1.29, 1.82) is 0 Å². The largest absolute Gasteiger partial charge is 0.464 e. The van der Waals surface area contributed by atoms with Gasteiger partial charge in [-0.1, -0.05) is 0 Å². The van der Waals surface area contributed by atoms with E-state index in [-0.39, 0.29) is 24.5 Å². The van der Waals surface area contributed by atoms with Crippen molar-refractivity contribution in [2.24, 2.45) is 0 Å². The predicted molar refractivity (Wildman–Crippen MR) is 77.9 cm³/mol. The summed E-state index contributed by atoms with van der Waals surface area (Å²) in [6.45, 7) is -0.590. The quantitative estimate of drug-likeness (QED) is 0.350. The fourth-order valence-corrected chi connectivity index (χ4v) is 2.31. The van der Waals surface area contributed by atoms with Gasteiger partial charge in [0, 0.05) is 24.1 Å². The molecular formula is C14H19NO9. The van der Waals surface area contributed by atoms with E-state index >= 15 is 0 Å². The molecule has 2 rings (SSSR count). The van der Waals surface area contributed by atoms with Crippen molar-refractivity contribution in [3.63, 3.8) is 0 Å². The minimum Gasteiger partial charge on any atom is -0.464 e. The molecule has 0 bridgehead atoms. The van der Waals surface area contributed by atoms with Gasteiger partial charge in [-0.2, -0.15) is 0 Å². The molecule has 1 heterocycles. The maximum absolute atomic E-state index is 10.9. The smallest absolute Gasteiger partial charge is 0.270 e. The van der Waals surface area contributed by atoms with Crippen molar-refractivity contribution in [2.45, 2.75) is 37.6 Å². The van der Waals surface area contributed by atoms with Gasteiger partial charge < -0.3 is 24.8 Å². The molecule has 10 heteroatoms. The number of non-ortho nitro benzene ring substituents is 1. The van der Waals surface area contributed by atoms with Crippen LogP contribution < -0.4 is 4.74 Å². The lowest BCUT2D eigenvalue weighted by Crippen LogP contribution is -2.51. The van der Waals surface area contributed by atoms with Gasteiger partial charge in [0.25, 0.3) is 5.69 Å². The zero-order valence-corrected chi connectivity index (χ0v) is 12.9. The number of rotatable bonds is 7. The van der Waals surface area contributed by atoms with Crippen molar-refractivity contribution < 1.29 is 39.5 Å². The molecule has 0 saturated carbocycles. The molecule has 134 valence electrons. The van der Waals surface area contributed by atoms with E-state index in [9.17, 15) is 20.3 Å². The van der Waals surface area contributed by atoms with Crippen LogP contribution in [-0.4, -0.2) is 58.6 Å². The van der Waals surface area contributed by atoms with Crippen LogP contribution in [0, 0.1) is 10.1 Å². The average Bonchev–Trinajstić information content (AvgIpc) is 2.56. The van der Waals surface area contributed by atoms with Gasteiger partial charge in [-0.3, -0.25) is 10.1 Å². The third-order valence-electron chi connectivity index (χ3n) is 3.56. The number of ether oxygens (including phenoxy) is 2. The van der Waals surface area contributed by atoms with Gasteiger partial charge >= 0.3 is 0 Å². The lowest BCUT2D eigenvalue weighted by atomic mass is 10.0. The van der Waals surface area contributed by atoms with Gasteiger partial charge in [0.15, 0.2) is 0 Å². The van der Waals surface area contributed by atoms with E-state index in [4.69, 9.17) is 19.5 Å². The van der Waals surface area contributed by atoms with E-state index in [0.29, 0.717) is 5.56 Å². The van der Waals surface area contributed by atoms with E-state index in [1.165, 1.54) is 25.3 Å². The van der Waals surface area contributed by atoms with Gasteiger partial charge in [-0.25, -0.2) is 9.78 Å². The summed E-state index contributed by atoms with van der Waals surface area (Å²) < 4.78 is 11.0. The Morgan fingerprint density at radius 3 is 2.79 bits per heavy atom. The van der Waals surface area contributed by atoms with Crippen molar-refractivity contribution in [3.05, 3.63) is 33.9 Å². The Bertz CT molecular complexity index is 567. The number of benzene rings is 1. The molecule has 3 N–H and O–H groups in total. The van der Waals surface area contributed by atoms with Crippen LogP contribution in [0.15, 0.2) is 18.2 Å². The first kappa shape index (κ1) is 18.5. The van der Waals surface area contributed by atoms with Crippen LogP contribution in [0.25, 0.3) is 0 Å². The summed E-state index contributed by atoms with van der Waals surface area (Å²) in [7, 11) is 1.30. The highest BCUT2D eigenvalue weighted by atomic mass is 17.2. The Morgan fingerprint density at radius 1 is 1.42 bits per heavy atom. The summed E-state index contributed by atoms with van der Waals surface area (Å²) in [5, 5.41) is 39.5. The molecule has 10 nitrogen and oxygen atoms in total. The molecule has 4 atom stereocenters. The second-order valence-corrected chi connectivity index (χ2v) is 5.18. The zero-order chi connectivity index (χ0) is 17.7. The number of hydrogen-bond acceptors (Lipinski definition) is 9. The fraction of sp³-hybridized carbons (Fsp3) is 0.571. The highest BCUT2D eigenvalue weighted by molar-refractivity contribution is 5.43. The van der Waals surface area contributed by atoms with Gasteiger partial charge in [-0.05, 0) is 6.07 Å². The maximum Gasteiger partial charge on any atom is 0.270 e. The van der Waals surface area contributed by atoms with E-state index in [1.54, 1.807) is 0 Å². The molecule has 0 amide bonds. The van der Waals surface area contributed by atoms with Gasteiger partial charge in [0.05, 0.1) is 24.7 Å². The normalized spacial score (nSPS) is 27.0. The Kier molecular flexibility index (Phi) is 6.43. The topological polar surface area (TPSA) is 141 Å². The summed E-state index contributed by atoms with van der Waals surface area (Å²) in [5.74, 6) is 0.239. The fourth-order valence-electron chi connectivity index (χ4n) is 2.31. The molecule has 0 aliphatic carbocycles. The highest BCUT2D eigenvalue weighted by Crippen LogP contribution is 2.29. The van der Waals surface area contributed by atoms with Crippen LogP contribution in [0.3, 0.4) is 0 Å². The number of hydrogen-bond donors (Lipinski definition) is 3. The summed E-state index contributed by atoms with van der Waals surface area (Å²) >= 11 is 0. The lowest BCUT2D eigenvalue weighted by molar-refractivity contribution is -0.385. The van der Waals surface area contributed by atoms with Crippen molar-refractivity contribution in [3.8, 4) is 5.75 Å². The molecule has 0 aromatic heterocycles. The SMILES string of the molecule is COOCc1cc([N+](=O)[O-])ccc1O[C@H]1C[C@@H](O)[C@@H](O)C(CO)O1. The molecule has 1 fully saturated rings. The number of nitrogens with zero attached hydrogens (tertiary/aromatic N) is 1. The molecule has 1 aromatic carbocycles. The van der Waals surface area contributed by atoms with Gasteiger partial charge in [0.1, 0.15) is 24.6 Å². The van der Waals surface area contributed by atoms with Crippen LogP contribution in [-0.2, 0) is 21.1 Å². The van der Waals surface area contributed by atoms with Crippen LogP contribution in [0.2, 0.25) is 0 Å². The second-order valence-electron chi connectivity index (χ2n) is 5.18. The number of nitro benzene ring substituents is 1. The molecule has 1 aromatic rings. The number of aliphatic hydroxyl groups excluding tert-OH is 3. The Balaban J connectivity index is 2.17. The van der Waals surface area contributed by atoms with Crippen molar-refractivity contribution >= 4 is 5.69 Å². The first-order valence-corrected chi connectivity index (χ1v) is 7.18. The van der Waals surface area contributed by atoms with Crippen molar-refractivity contribution in [2.75, 3.05) is 13.7 Å². The van der Waals surface area contributed by atoms with Crippen LogP contribution >= 0.6 is 0 Å². The third kappa shape index (κ3) is 4.38. The first-order chi connectivity index (χ1) is 11.5. The molecular weight excluding hydrogens is 326 g/mol. The minimum absolute atomic E-state index is 0.0285. The van der Waals surface area contributed by atoms with E-state index < -0.39 is 36.1 Å². The lowest BCUT2D eigenvalue weighted by Gasteiger charge is -2.36. The average molecular weight is 345 g/mol. The molecule has 1 aliphatic rings. The number of nitro groups is 1. The second kappa shape index (κ2) is 8.33. The van der Waals surface area contributed by atoms with Crippen LogP contribution in [0.4, 0.5) is 5.69 Å². The minimum atomic E-state index is -1.22. The number of aliphatic hydroxyl groups is 3. The molecule has 1 saturated heterocycles. The summed E-state index contributed by atoms with van der Waals surface area (Å²) in [6, 6.07) is 3.90. The van der Waals surface area contributed by atoms with E-state index in [1.807, 2.05) is 0 Å². The Hall–Kier alpha value is -1.82. The molecule has 0 spiro atoms. The first-order valence-electron chi connectivity index (χ1n) is 7.18. The highest BCUT2D eigenvalue weighted by Gasteiger charge is 2.37. The summed E-state index contributed by atoms with van der Waals surface area (Å²) in [4.78, 5) is 19.6. The van der Waals surface area contributed by atoms with E-state index in [2.05, 4.69) is 4.89 Å². The molecule has 0 radical (unpaired) electrons. The molecule has 1 aliphatic heterocycles. The van der Waals surface area contributed by atoms with Gasteiger partial charge in [-0.15, -0.1) is 0 Å². The third-order valence-corrected chi connectivity index (χ3v) is 3.56. The Morgan fingerprint density at radius 2 is 2.17 bits per heavy atom. The van der Waals surface area contributed by atoms with Gasteiger partial charge in [0.2, 0.25) is 6.29 Å². The van der Waals surface area contributed by atoms with E-state index in [0.717, 1.165) is 0 Å². The zero-order valence-electron chi connectivity index (χ0n) is 12.9. The summed E-state index contributed by atoms with van der Waals surface area (Å²) in [6.07, 6.45) is -4.31. The van der Waals surface area contributed by atoms with Crippen molar-refractivity contribution in [1.82, 2.24) is 0 Å².